The molecule has 1 aromatic carbocycles. The van der Waals surface area contributed by atoms with Gasteiger partial charge in [0.15, 0.2) is 0 Å². The van der Waals surface area contributed by atoms with Gasteiger partial charge >= 0.3 is 0 Å². The molecule has 0 aliphatic carbocycles. The summed E-state index contributed by atoms with van der Waals surface area (Å²) in [5, 5.41) is 13.0. The Morgan fingerprint density at radius 1 is 1.43 bits per heavy atom. The minimum absolute atomic E-state index is 0.0670. The van der Waals surface area contributed by atoms with E-state index in [1.54, 1.807) is 23.9 Å². The number of carbonyl (C=O) groups excluding carboxylic acids is 2. The number of nitrogens with one attached hydrogen (secondary N) is 1. The highest BCUT2D eigenvalue weighted by molar-refractivity contribution is 7.99. The molecule has 1 aromatic rings. The van der Waals surface area contributed by atoms with Gasteiger partial charge in [0, 0.05) is 12.3 Å². The summed E-state index contributed by atoms with van der Waals surface area (Å²) in [6.45, 7) is 0.465. The van der Waals surface area contributed by atoms with Crippen LogP contribution in [0.4, 0.5) is 5.69 Å². The summed E-state index contributed by atoms with van der Waals surface area (Å²) >= 11 is 1.68. The van der Waals surface area contributed by atoms with Crippen LogP contribution < -0.4 is 15.0 Å². The van der Waals surface area contributed by atoms with E-state index in [0.717, 1.165) is 5.75 Å². The molecule has 23 heavy (non-hydrogen) atoms. The number of ether oxygens (including phenoxy) is 1. The van der Waals surface area contributed by atoms with Crippen LogP contribution >= 0.6 is 11.8 Å². The Labute approximate surface area is 139 Å². The van der Waals surface area contributed by atoms with Gasteiger partial charge in [-0.25, -0.2) is 0 Å². The normalized spacial score (nSPS) is 23.9. The summed E-state index contributed by atoms with van der Waals surface area (Å²) in [7, 11) is 0. The van der Waals surface area contributed by atoms with Gasteiger partial charge in [-0.1, -0.05) is 12.1 Å². The first-order valence-electron chi connectivity index (χ1n) is 7.66. The molecule has 6 nitrogen and oxygen atoms in total. The number of fused-ring (bicyclic) bond motifs is 1. The zero-order chi connectivity index (χ0) is 16.3. The Balaban J connectivity index is 1.66. The van der Waals surface area contributed by atoms with Gasteiger partial charge < -0.3 is 15.2 Å². The maximum absolute atomic E-state index is 12.2. The molecule has 2 N–H and O–H groups in total. The Morgan fingerprint density at radius 3 is 3.04 bits per heavy atom. The zero-order valence-electron chi connectivity index (χ0n) is 12.8. The number of carbonyl (C=O) groups is 2. The minimum atomic E-state index is -0.829. The lowest BCUT2D eigenvalue weighted by Gasteiger charge is -2.24. The molecule has 1 saturated heterocycles. The highest BCUT2D eigenvalue weighted by Gasteiger charge is 2.32. The van der Waals surface area contributed by atoms with Gasteiger partial charge in [0.1, 0.15) is 12.3 Å². The van der Waals surface area contributed by atoms with Gasteiger partial charge in [0.25, 0.3) is 0 Å². The Hall–Kier alpha value is -1.73. The fraction of sp³-hybridized carbons (Fsp3) is 0.500. The molecular weight excluding hydrogens is 316 g/mol. The van der Waals surface area contributed by atoms with E-state index in [1.165, 1.54) is 4.90 Å². The van der Waals surface area contributed by atoms with Crippen LogP contribution in [-0.4, -0.2) is 53.7 Å². The highest BCUT2D eigenvalue weighted by Crippen LogP contribution is 2.31. The van der Waals surface area contributed by atoms with Crippen molar-refractivity contribution in [3.63, 3.8) is 0 Å². The van der Waals surface area contributed by atoms with E-state index in [4.69, 9.17) is 4.74 Å². The Morgan fingerprint density at radius 2 is 2.26 bits per heavy atom. The molecule has 2 aliphatic rings. The van der Waals surface area contributed by atoms with Gasteiger partial charge in [-0.3, -0.25) is 14.5 Å². The van der Waals surface area contributed by atoms with Crippen LogP contribution in [0.3, 0.4) is 0 Å². The molecule has 2 amide bonds. The molecule has 0 radical (unpaired) electrons. The average molecular weight is 336 g/mol. The van der Waals surface area contributed by atoms with Crippen molar-refractivity contribution >= 4 is 29.3 Å². The fourth-order valence-corrected chi connectivity index (χ4v) is 3.99. The van der Waals surface area contributed by atoms with Crippen molar-refractivity contribution in [2.24, 2.45) is 0 Å². The number of para-hydroxylation sites is 2. The molecule has 0 aromatic heterocycles. The summed E-state index contributed by atoms with van der Waals surface area (Å²) in [6, 6.07) is 7.20. The van der Waals surface area contributed by atoms with E-state index in [2.05, 4.69) is 5.32 Å². The zero-order valence-corrected chi connectivity index (χ0v) is 13.6. The SMILES string of the molecule is O=C(CN1C(=O)CCOc2ccccc21)NC[C@@]1(O)CCSC1. The molecule has 1 atom stereocenters. The first-order chi connectivity index (χ1) is 11.1. The summed E-state index contributed by atoms with van der Waals surface area (Å²) in [6.07, 6.45) is 0.916. The van der Waals surface area contributed by atoms with Crippen LogP contribution in [0.15, 0.2) is 24.3 Å². The summed E-state index contributed by atoms with van der Waals surface area (Å²) in [4.78, 5) is 25.9. The number of anilines is 1. The van der Waals surface area contributed by atoms with Crippen molar-refractivity contribution < 1.29 is 19.4 Å². The number of amides is 2. The summed E-state index contributed by atoms with van der Waals surface area (Å²) < 4.78 is 5.55. The number of nitrogens with zero attached hydrogens (tertiary/aromatic N) is 1. The largest absolute Gasteiger partial charge is 0.491 e. The molecule has 0 spiro atoms. The minimum Gasteiger partial charge on any atom is -0.491 e. The molecule has 0 unspecified atom stereocenters. The molecule has 124 valence electrons. The number of benzene rings is 1. The maximum Gasteiger partial charge on any atom is 0.240 e. The smallest absolute Gasteiger partial charge is 0.240 e. The van der Waals surface area contributed by atoms with Crippen LogP contribution in [0.2, 0.25) is 0 Å². The third-order valence-corrected chi connectivity index (χ3v) is 5.26. The van der Waals surface area contributed by atoms with E-state index in [1.807, 2.05) is 12.1 Å². The van der Waals surface area contributed by atoms with Crippen LogP contribution in [0.25, 0.3) is 0 Å². The average Bonchev–Trinajstić information content (AvgIpc) is 2.92. The van der Waals surface area contributed by atoms with Crippen molar-refractivity contribution in [1.29, 1.82) is 0 Å². The van der Waals surface area contributed by atoms with Crippen molar-refractivity contribution in [2.45, 2.75) is 18.4 Å². The number of thioether (sulfide) groups is 1. The number of hydrogen-bond donors (Lipinski definition) is 2. The molecular formula is C16H20N2O4S. The summed E-state index contributed by atoms with van der Waals surface area (Å²) in [5.74, 6) is 1.73. The van der Waals surface area contributed by atoms with Crippen LogP contribution in [-0.2, 0) is 9.59 Å². The summed E-state index contributed by atoms with van der Waals surface area (Å²) in [5.41, 5.74) is -0.218. The first-order valence-corrected chi connectivity index (χ1v) is 8.82. The van der Waals surface area contributed by atoms with Gasteiger partial charge in [-0.05, 0) is 24.3 Å². The van der Waals surface area contributed by atoms with E-state index < -0.39 is 5.60 Å². The van der Waals surface area contributed by atoms with E-state index in [-0.39, 0.29) is 31.3 Å². The van der Waals surface area contributed by atoms with E-state index >= 15 is 0 Å². The van der Waals surface area contributed by atoms with Gasteiger partial charge in [-0.15, -0.1) is 0 Å². The predicted octanol–water partition coefficient (Wildman–Crippen LogP) is 0.786. The Kier molecular flexibility index (Phi) is 4.77. The quantitative estimate of drug-likeness (QED) is 0.850. The first kappa shape index (κ1) is 16.1. The maximum atomic E-state index is 12.2. The van der Waals surface area contributed by atoms with Gasteiger partial charge in [-0.2, -0.15) is 11.8 Å². The van der Waals surface area contributed by atoms with Gasteiger partial charge in [0.05, 0.1) is 24.3 Å². The number of hydrogen-bond acceptors (Lipinski definition) is 5. The molecule has 1 fully saturated rings. The van der Waals surface area contributed by atoms with Crippen LogP contribution in [0.5, 0.6) is 5.75 Å². The van der Waals surface area contributed by atoms with E-state index in [9.17, 15) is 14.7 Å². The molecule has 2 aliphatic heterocycles. The second kappa shape index (κ2) is 6.80. The van der Waals surface area contributed by atoms with Crippen molar-refractivity contribution in [3.05, 3.63) is 24.3 Å². The van der Waals surface area contributed by atoms with Crippen molar-refractivity contribution in [3.8, 4) is 5.75 Å². The van der Waals surface area contributed by atoms with Crippen molar-refractivity contribution in [2.75, 3.05) is 36.1 Å². The lowest BCUT2D eigenvalue weighted by Crippen LogP contribution is -2.47. The number of rotatable bonds is 4. The van der Waals surface area contributed by atoms with E-state index in [0.29, 0.717) is 30.2 Å². The molecule has 0 bridgehead atoms. The van der Waals surface area contributed by atoms with Crippen molar-refractivity contribution in [1.82, 2.24) is 5.32 Å². The fourth-order valence-electron chi connectivity index (χ4n) is 2.69. The molecule has 7 heteroatoms. The third-order valence-electron chi connectivity index (χ3n) is 4.03. The van der Waals surface area contributed by atoms with Crippen LogP contribution in [0, 0.1) is 0 Å². The molecule has 2 heterocycles. The standard InChI is InChI=1S/C16H20N2O4S/c19-14(17-10-16(21)6-8-23-11-16)9-18-12-3-1-2-4-13(12)22-7-5-15(18)20/h1-4,21H,5-11H2,(H,17,19)/t16-/m0/s1. The molecule has 0 saturated carbocycles. The lowest BCUT2D eigenvalue weighted by molar-refractivity contribution is -0.124. The topological polar surface area (TPSA) is 78.9 Å². The predicted molar refractivity (Wildman–Crippen MR) is 88.8 cm³/mol. The Bertz CT molecular complexity index is 601. The molecule has 3 rings (SSSR count). The second-order valence-corrected chi connectivity index (χ2v) is 6.95. The monoisotopic (exact) mass is 336 g/mol. The number of aliphatic hydroxyl groups is 1. The second-order valence-electron chi connectivity index (χ2n) is 5.85. The van der Waals surface area contributed by atoms with Crippen LogP contribution in [0.1, 0.15) is 12.8 Å². The lowest BCUT2D eigenvalue weighted by atomic mass is 10.0. The highest BCUT2D eigenvalue weighted by atomic mass is 32.2. The third kappa shape index (κ3) is 3.79. The van der Waals surface area contributed by atoms with Gasteiger partial charge in [0.2, 0.25) is 11.8 Å².